The predicted molar refractivity (Wildman–Crippen MR) is 110 cm³/mol. The number of anilines is 1. The molecule has 5 heteroatoms. The molecule has 0 radical (unpaired) electrons. The van der Waals surface area contributed by atoms with Crippen molar-refractivity contribution in [3.05, 3.63) is 59.2 Å². The number of aromatic nitrogens is 1. The molecule has 0 aliphatic carbocycles. The highest BCUT2D eigenvalue weighted by molar-refractivity contribution is 7.22. The highest BCUT2D eigenvalue weighted by Crippen LogP contribution is 2.31. The first-order chi connectivity index (χ1) is 12.5. The lowest BCUT2D eigenvalue weighted by Crippen LogP contribution is -3.05. The van der Waals surface area contributed by atoms with E-state index in [1.165, 1.54) is 16.0 Å². The van der Waals surface area contributed by atoms with Crippen LogP contribution in [0.1, 0.15) is 27.9 Å². The Balaban J connectivity index is 1.95. The second-order valence-electron chi connectivity index (χ2n) is 7.03. The van der Waals surface area contributed by atoms with Crippen molar-refractivity contribution in [3.8, 4) is 0 Å². The maximum absolute atomic E-state index is 13.1. The minimum Gasteiger partial charge on any atom is -0.340 e. The van der Waals surface area contributed by atoms with Crippen LogP contribution in [0.3, 0.4) is 0 Å². The van der Waals surface area contributed by atoms with Crippen molar-refractivity contribution >= 4 is 32.6 Å². The normalized spacial score (nSPS) is 11.3. The van der Waals surface area contributed by atoms with Crippen molar-refractivity contribution in [2.45, 2.75) is 20.3 Å². The Morgan fingerprint density at radius 2 is 1.81 bits per heavy atom. The van der Waals surface area contributed by atoms with Gasteiger partial charge in [-0.15, -0.1) is 0 Å². The van der Waals surface area contributed by atoms with E-state index in [-0.39, 0.29) is 5.91 Å². The summed E-state index contributed by atoms with van der Waals surface area (Å²) in [6, 6.07) is 13.8. The second-order valence-corrected chi connectivity index (χ2v) is 8.04. The fraction of sp³-hybridized carbons (Fsp3) is 0.333. The Hall–Kier alpha value is -2.24. The molecule has 0 bridgehead atoms. The second kappa shape index (κ2) is 7.98. The number of benzene rings is 2. The minimum atomic E-state index is 0.0202. The molecule has 2 aromatic carbocycles. The van der Waals surface area contributed by atoms with Crippen LogP contribution < -0.4 is 9.80 Å². The summed E-state index contributed by atoms with van der Waals surface area (Å²) < 4.78 is 1.13. The van der Waals surface area contributed by atoms with Crippen LogP contribution in [0.5, 0.6) is 0 Å². The zero-order valence-electron chi connectivity index (χ0n) is 15.9. The van der Waals surface area contributed by atoms with Gasteiger partial charge in [-0.2, -0.15) is 0 Å². The lowest BCUT2D eigenvalue weighted by molar-refractivity contribution is -0.858. The van der Waals surface area contributed by atoms with Gasteiger partial charge in [-0.1, -0.05) is 29.5 Å². The molecule has 0 atom stereocenters. The van der Waals surface area contributed by atoms with Crippen molar-refractivity contribution in [1.29, 1.82) is 0 Å². The Morgan fingerprint density at radius 3 is 2.50 bits per heavy atom. The van der Waals surface area contributed by atoms with Crippen molar-refractivity contribution in [2.75, 3.05) is 32.1 Å². The number of nitrogens with one attached hydrogen (secondary N) is 1. The van der Waals surface area contributed by atoms with Crippen LogP contribution in [0.15, 0.2) is 42.5 Å². The van der Waals surface area contributed by atoms with Gasteiger partial charge in [-0.05, 0) is 49.2 Å². The third kappa shape index (κ3) is 4.11. The average Bonchev–Trinajstić information content (AvgIpc) is 3.01. The van der Waals surface area contributed by atoms with E-state index in [2.05, 4.69) is 40.1 Å². The largest absolute Gasteiger partial charge is 0.340 e. The SMILES string of the molecule is Cc1cc2nc(N(CCC[NH+](C)C)C(=O)c3ccccc3)sc2cc1C. The van der Waals surface area contributed by atoms with E-state index >= 15 is 0 Å². The third-order valence-electron chi connectivity index (χ3n) is 4.55. The molecule has 3 aromatic rings. The van der Waals surface area contributed by atoms with Gasteiger partial charge in [-0.3, -0.25) is 9.69 Å². The Bertz CT molecular complexity index is 863. The first-order valence-electron chi connectivity index (χ1n) is 8.99. The molecule has 0 unspecified atom stereocenters. The van der Waals surface area contributed by atoms with E-state index in [0.717, 1.165) is 28.3 Å². The number of carbonyl (C=O) groups is 1. The number of carbonyl (C=O) groups excluding carboxylic acids is 1. The van der Waals surface area contributed by atoms with E-state index < -0.39 is 0 Å². The molecule has 136 valence electrons. The van der Waals surface area contributed by atoms with Gasteiger partial charge in [0.15, 0.2) is 5.13 Å². The highest BCUT2D eigenvalue weighted by atomic mass is 32.1. The average molecular weight is 369 g/mol. The molecule has 0 aliphatic rings. The van der Waals surface area contributed by atoms with Gasteiger partial charge >= 0.3 is 0 Å². The van der Waals surface area contributed by atoms with Gasteiger partial charge in [0.2, 0.25) is 0 Å². The molecule has 3 rings (SSSR count). The Kier molecular flexibility index (Phi) is 5.69. The predicted octanol–water partition coefficient (Wildman–Crippen LogP) is 3.09. The fourth-order valence-electron chi connectivity index (χ4n) is 2.89. The number of quaternary nitrogens is 1. The molecule has 1 N–H and O–H groups in total. The molecule has 1 aromatic heterocycles. The lowest BCUT2D eigenvalue weighted by atomic mass is 10.1. The topological polar surface area (TPSA) is 37.6 Å². The van der Waals surface area contributed by atoms with Crippen molar-refractivity contribution in [2.24, 2.45) is 0 Å². The van der Waals surface area contributed by atoms with E-state index in [1.807, 2.05) is 35.2 Å². The fourth-order valence-corrected chi connectivity index (χ4v) is 3.96. The van der Waals surface area contributed by atoms with E-state index in [0.29, 0.717) is 12.1 Å². The van der Waals surface area contributed by atoms with Gasteiger partial charge in [0.05, 0.1) is 30.9 Å². The van der Waals surface area contributed by atoms with E-state index in [1.54, 1.807) is 11.3 Å². The molecular formula is C21H26N3OS+. The molecule has 0 saturated heterocycles. The first-order valence-corrected chi connectivity index (χ1v) is 9.81. The van der Waals surface area contributed by atoms with E-state index in [9.17, 15) is 4.79 Å². The van der Waals surface area contributed by atoms with Crippen LogP contribution in [-0.2, 0) is 0 Å². The summed E-state index contributed by atoms with van der Waals surface area (Å²) in [5.41, 5.74) is 4.16. The summed E-state index contributed by atoms with van der Waals surface area (Å²) in [6.07, 6.45) is 0.939. The standard InChI is InChI=1S/C21H25N3OS/c1-15-13-18-19(14-16(15)2)26-21(22-18)24(12-8-11-23(3)4)20(25)17-9-6-5-7-10-17/h5-7,9-10,13-14H,8,11-12H2,1-4H3/p+1. The summed E-state index contributed by atoms with van der Waals surface area (Å²) in [5, 5.41) is 0.785. The molecule has 26 heavy (non-hydrogen) atoms. The first kappa shape index (κ1) is 18.5. The number of nitrogens with zero attached hydrogens (tertiary/aromatic N) is 2. The molecule has 1 heterocycles. The summed E-state index contributed by atoms with van der Waals surface area (Å²) in [7, 11) is 4.26. The molecule has 0 saturated carbocycles. The lowest BCUT2D eigenvalue weighted by Gasteiger charge is -2.20. The minimum absolute atomic E-state index is 0.0202. The number of hydrogen-bond acceptors (Lipinski definition) is 3. The maximum atomic E-state index is 13.1. The van der Waals surface area contributed by atoms with Crippen molar-refractivity contribution < 1.29 is 9.69 Å². The zero-order chi connectivity index (χ0) is 18.7. The molecule has 1 amide bonds. The summed E-state index contributed by atoms with van der Waals surface area (Å²) >= 11 is 1.60. The van der Waals surface area contributed by atoms with Crippen LogP contribution in [-0.4, -0.2) is 38.1 Å². The van der Waals surface area contributed by atoms with Gasteiger partial charge in [0, 0.05) is 18.5 Å². The van der Waals surface area contributed by atoms with E-state index in [4.69, 9.17) is 4.98 Å². The van der Waals surface area contributed by atoms with Crippen LogP contribution in [0.25, 0.3) is 10.2 Å². The van der Waals surface area contributed by atoms with Gasteiger partial charge in [-0.25, -0.2) is 4.98 Å². The van der Waals surface area contributed by atoms with Crippen LogP contribution in [0, 0.1) is 13.8 Å². The molecule has 0 fully saturated rings. The third-order valence-corrected chi connectivity index (χ3v) is 5.59. The zero-order valence-corrected chi connectivity index (χ0v) is 16.7. The quantitative estimate of drug-likeness (QED) is 0.726. The number of thiazole rings is 1. The summed E-state index contributed by atoms with van der Waals surface area (Å²) in [5.74, 6) is 0.0202. The van der Waals surface area contributed by atoms with Gasteiger partial charge < -0.3 is 4.90 Å². The molecular weight excluding hydrogens is 342 g/mol. The number of amides is 1. The summed E-state index contributed by atoms with van der Waals surface area (Å²) in [4.78, 5) is 21.1. The number of rotatable bonds is 6. The van der Waals surface area contributed by atoms with Crippen molar-refractivity contribution in [1.82, 2.24) is 4.98 Å². The highest BCUT2D eigenvalue weighted by Gasteiger charge is 2.21. The monoisotopic (exact) mass is 368 g/mol. The number of aryl methyl sites for hydroxylation is 2. The van der Waals surface area contributed by atoms with Crippen LogP contribution in [0.2, 0.25) is 0 Å². The maximum Gasteiger partial charge on any atom is 0.260 e. The van der Waals surface area contributed by atoms with Crippen LogP contribution >= 0.6 is 11.3 Å². The summed E-state index contributed by atoms with van der Waals surface area (Å²) in [6.45, 7) is 5.90. The smallest absolute Gasteiger partial charge is 0.260 e. The Morgan fingerprint density at radius 1 is 1.12 bits per heavy atom. The molecule has 0 aliphatic heterocycles. The van der Waals surface area contributed by atoms with Crippen LogP contribution in [0.4, 0.5) is 5.13 Å². The molecule has 0 spiro atoms. The molecule has 4 nitrogen and oxygen atoms in total. The van der Waals surface area contributed by atoms with Gasteiger partial charge in [0.1, 0.15) is 0 Å². The van der Waals surface area contributed by atoms with Crippen molar-refractivity contribution in [3.63, 3.8) is 0 Å². The number of fused-ring (bicyclic) bond motifs is 1. The Labute approximate surface area is 159 Å². The number of hydrogen-bond donors (Lipinski definition) is 1. The van der Waals surface area contributed by atoms with Gasteiger partial charge in [0.25, 0.3) is 5.91 Å².